The highest BCUT2D eigenvalue weighted by molar-refractivity contribution is 9.10. The van der Waals surface area contributed by atoms with Crippen LogP contribution in [0.2, 0.25) is 0 Å². The summed E-state index contributed by atoms with van der Waals surface area (Å²) in [5.41, 5.74) is 6.41. The van der Waals surface area contributed by atoms with Crippen molar-refractivity contribution in [1.29, 1.82) is 0 Å². The van der Waals surface area contributed by atoms with Gasteiger partial charge in [-0.05, 0) is 84.1 Å². The predicted molar refractivity (Wildman–Crippen MR) is 180 cm³/mol. The normalized spacial score (nSPS) is 12.8. The van der Waals surface area contributed by atoms with Crippen molar-refractivity contribution in [2.75, 3.05) is 37.9 Å². The first-order valence-electron chi connectivity index (χ1n) is 14.7. The molecule has 0 unspecified atom stereocenters. The van der Waals surface area contributed by atoms with E-state index in [0.717, 1.165) is 59.4 Å². The summed E-state index contributed by atoms with van der Waals surface area (Å²) in [5.74, 6) is 0.867. The molecule has 4 aromatic carbocycles. The van der Waals surface area contributed by atoms with Crippen LogP contribution >= 0.6 is 15.9 Å². The SMILES string of the molecule is COc1cc2c(cc1OC)CN(CCc1ccc(NC(=O)c3cc(Br)ccc3NC(=O)c3cnc4ccccc4c3)cc1)CC2. The first-order valence-corrected chi connectivity index (χ1v) is 15.5. The number of ether oxygens (including phenoxy) is 2. The molecule has 0 aliphatic carbocycles. The number of halogens is 1. The highest BCUT2D eigenvalue weighted by Gasteiger charge is 2.20. The van der Waals surface area contributed by atoms with Gasteiger partial charge in [0.25, 0.3) is 11.8 Å². The average Bonchev–Trinajstić information content (AvgIpc) is 3.07. The van der Waals surface area contributed by atoms with Crippen molar-refractivity contribution in [3.05, 3.63) is 123 Å². The third kappa shape index (κ3) is 7.00. The van der Waals surface area contributed by atoms with Crippen LogP contribution in [0.4, 0.5) is 11.4 Å². The van der Waals surface area contributed by atoms with Crippen LogP contribution in [-0.4, -0.2) is 49.0 Å². The molecule has 1 aliphatic rings. The summed E-state index contributed by atoms with van der Waals surface area (Å²) in [4.78, 5) is 33.3. The lowest BCUT2D eigenvalue weighted by Gasteiger charge is -2.29. The van der Waals surface area contributed by atoms with E-state index in [9.17, 15) is 9.59 Å². The Balaban J connectivity index is 1.08. The van der Waals surface area contributed by atoms with E-state index >= 15 is 0 Å². The number of amides is 2. The van der Waals surface area contributed by atoms with Crippen molar-refractivity contribution >= 4 is 50.0 Å². The molecule has 2 heterocycles. The number of nitrogens with zero attached hydrogens (tertiary/aromatic N) is 2. The third-order valence-electron chi connectivity index (χ3n) is 8.05. The number of aromatic nitrogens is 1. The standard InChI is InChI=1S/C36H33BrN4O4/c1-44-33-18-24-14-16-41(22-27(24)19-34(33)45-2)15-13-23-7-10-29(11-8-23)39-36(43)30-20-28(37)9-12-32(30)40-35(42)26-17-25-5-3-4-6-31(25)38-21-26/h3-12,17-21H,13-16,22H2,1-2H3,(H,39,43)(H,40,42). The first-order chi connectivity index (χ1) is 21.9. The fraction of sp³-hybridized carbons (Fsp3) is 0.194. The van der Waals surface area contributed by atoms with Crippen molar-refractivity contribution in [1.82, 2.24) is 9.88 Å². The summed E-state index contributed by atoms with van der Waals surface area (Å²) in [6.45, 7) is 2.78. The number of rotatable bonds is 9. The van der Waals surface area contributed by atoms with Crippen LogP contribution in [0, 0.1) is 0 Å². The minimum atomic E-state index is -0.343. The third-order valence-corrected chi connectivity index (χ3v) is 8.55. The van der Waals surface area contributed by atoms with Gasteiger partial charge in [-0.15, -0.1) is 0 Å². The molecule has 1 aliphatic heterocycles. The molecule has 228 valence electrons. The van der Waals surface area contributed by atoms with Crippen molar-refractivity contribution in [3.63, 3.8) is 0 Å². The van der Waals surface area contributed by atoms with Gasteiger partial charge in [0, 0.05) is 41.4 Å². The molecular weight excluding hydrogens is 632 g/mol. The van der Waals surface area contributed by atoms with E-state index in [4.69, 9.17) is 9.47 Å². The molecule has 0 spiro atoms. The van der Waals surface area contributed by atoms with E-state index in [1.165, 1.54) is 22.9 Å². The quantitative estimate of drug-likeness (QED) is 0.174. The number of pyridine rings is 1. The number of carbonyl (C=O) groups excluding carboxylic acids is 2. The van der Waals surface area contributed by atoms with Gasteiger partial charge < -0.3 is 20.1 Å². The first kappa shape index (κ1) is 30.3. The zero-order chi connectivity index (χ0) is 31.3. The Morgan fingerprint density at radius 1 is 0.867 bits per heavy atom. The lowest BCUT2D eigenvalue weighted by atomic mass is 9.98. The smallest absolute Gasteiger partial charge is 0.257 e. The summed E-state index contributed by atoms with van der Waals surface area (Å²) >= 11 is 3.45. The Morgan fingerprint density at radius 2 is 1.62 bits per heavy atom. The Kier molecular flexibility index (Phi) is 9.09. The lowest BCUT2D eigenvalue weighted by molar-refractivity contribution is 0.102. The zero-order valence-corrected chi connectivity index (χ0v) is 26.7. The predicted octanol–water partition coefficient (Wildman–Crippen LogP) is 7.12. The van der Waals surface area contributed by atoms with Gasteiger partial charge in [-0.2, -0.15) is 0 Å². The maximum atomic E-state index is 13.4. The van der Waals surface area contributed by atoms with Crippen LogP contribution in [0.3, 0.4) is 0 Å². The van der Waals surface area contributed by atoms with Crippen LogP contribution in [0.1, 0.15) is 37.4 Å². The van der Waals surface area contributed by atoms with E-state index in [0.29, 0.717) is 22.5 Å². The Bertz CT molecular complexity index is 1880. The fourth-order valence-corrected chi connectivity index (χ4v) is 5.94. The topological polar surface area (TPSA) is 92.8 Å². The number of hydrogen-bond acceptors (Lipinski definition) is 6. The van der Waals surface area contributed by atoms with Crippen molar-refractivity contribution in [2.45, 2.75) is 19.4 Å². The molecule has 5 aromatic rings. The Hall–Kier alpha value is -4.73. The number of benzene rings is 4. The van der Waals surface area contributed by atoms with E-state index in [1.54, 1.807) is 38.5 Å². The summed E-state index contributed by atoms with van der Waals surface area (Å²) < 4.78 is 11.7. The highest BCUT2D eigenvalue weighted by Crippen LogP contribution is 2.33. The molecule has 0 fully saturated rings. The molecule has 0 bridgehead atoms. The van der Waals surface area contributed by atoms with Crippen LogP contribution in [0.25, 0.3) is 10.9 Å². The molecule has 9 heteroatoms. The molecule has 0 saturated carbocycles. The van der Waals surface area contributed by atoms with E-state index in [2.05, 4.69) is 48.6 Å². The van der Waals surface area contributed by atoms with Gasteiger partial charge in [-0.25, -0.2) is 0 Å². The molecule has 8 nitrogen and oxygen atoms in total. The maximum Gasteiger partial charge on any atom is 0.257 e. The van der Waals surface area contributed by atoms with Gasteiger partial charge in [0.2, 0.25) is 0 Å². The number of para-hydroxylation sites is 1. The lowest BCUT2D eigenvalue weighted by Crippen LogP contribution is -2.32. The molecule has 45 heavy (non-hydrogen) atoms. The second-order valence-corrected chi connectivity index (χ2v) is 11.9. The van der Waals surface area contributed by atoms with Crippen LogP contribution in [0.5, 0.6) is 11.5 Å². The number of carbonyl (C=O) groups is 2. The molecule has 2 amide bonds. The van der Waals surface area contributed by atoms with Crippen molar-refractivity contribution < 1.29 is 19.1 Å². The molecule has 6 rings (SSSR count). The minimum absolute atomic E-state index is 0.324. The second-order valence-electron chi connectivity index (χ2n) is 11.0. The molecular formula is C36H33BrN4O4. The fourth-order valence-electron chi connectivity index (χ4n) is 5.58. The Morgan fingerprint density at radius 3 is 2.40 bits per heavy atom. The maximum absolute atomic E-state index is 13.4. The van der Waals surface area contributed by atoms with E-state index < -0.39 is 0 Å². The molecule has 0 radical (unpaired) electrons. The molecule has 2 N–H and O–H groups in total. The number of anilines is 2. The van der Waals surface area contributed by atoms with Gasteiger partial charge >= 0.3 is 0 Å². The summed E-state index contributed by atoms with van der Waals surface area (Å²) in [7, 11) is 3.33. The van der Waals surface area contributed by atoms with Crippen LogP contribution in [-0.2, 0) is 19.4 Å². The average molecular weight is 666 g/mol. The number of hydrogen-bond donors (Lipinski definition) is 2. The summed E-state index contributed by atoms with van der Waals surface area (Å²) in [5, 5.41) is 6.72. The minimum Gasteiger partial charge on any atom is -0.493 e. The van der Waals surface area contributed by atoms with E-state index in [-0.39, 0.29) is 11.8 Å². The molecule has 0 atom stereocenters. The van der Waals surface area contributed by atoms with Crippen LogP contribution < -0.4 is 20.1 Å². The van der Waals surface area contributed by atoms with Gasteiger partial charge in [0.05, 0.1) is 36.6 Å². The number of fused-ring (bicyclic) bond motifs is 2. The Labute approximate surface area is 270 Å². The second kappa shape index (κ2) is 13.5. The summed E-state index contributed by atoms with van der Waals surface area (Å²) in [6.07, 6.45) is 3.40. The van der Waals surface area contributed by atoms with Gasteiger partial charge in [0.1, 0.15) is 0 Å². The van der Waals surface area contributed by atoms with Crippen molar-refractivity contribution in [2.24, 2.45) is 0 Å². The zero-order valence-electron chi connectivity index (χ0n) is 25.1. The highest BCUT2D eigenvalue weighted by atomic mass is 79.9. The molecule has 0 saturated heterocycles. The van der Waals surface area contributed by atoms with Gasteiger partial charge in [0.15, 0.2) is 11.5 Å². The van der Waals surface area contributed by atoms with E-state index in [1.807, 2.05) is 48.5 Å². The van der Waals surface area contributed by atoms with Crippen LogP contribution in [0.15, 0.2) is 95.6 Å². The largest absolute Gasteiger partial charge is 0.493 e. The van der Waals surface area contributed by atoms with Gasteiger partial charge in [-0.3, -0.25) is 19.5 Å². The van der Waals surface area contributed by atoms with Gasteiger partial charge in [-0.1, -0.05) is 46.3 Å². The van der Waals surface area contributed by atoms with Crippen molar-refractivity contribution in [3.8, 4) is 11.5 Å². The molecule has 1 aromatic heterocycles. The number of methoxy groups -OCH3 is 2. The summed E-state index contributed by atoms with van der Waals surface area (Å²) in [6, 6.07) is 26.7. The monoisotopic (exact) mass is 664 g/mol. The number of nitrogens with one attached hydrogen (secondary N) is 2.